The highest BCUT2D eigenvalue weighted by Crippen LogP contribution is 2.27. The molecule has 0 heterocycles. The van der Waals surface area contributed by atoms with Gasteiger partial charge in [0.25, 0.3) is 0 Å². The highest BCUT2D eigenvalue weighted by Gasteiger charge is 2.26. The third-order valence-electron chi connectivity index (χ3n) is 2.47. The molecule has 0 aromatic heterocycles. The molecule has 0 spiro atoms. The quantitative estimate of drug-likeness (QED) is 0.810. The molecule has 1 aromatic carbocycles. The van der Waals surface area contributed by atoms with Crippen LogP contribution in [0.4, 0.5) is 11.4 Å². The van der Waals surface area contributed by atoms with Gasteiger partial charge in [0, 0.05) is 11.6 Å². The van der Waals surface area contributed by atoms with E-state index in [1.165, 1.54) is 12.1 Å². The predicted octanol–water partition coefficient (Wildman–Crippen LogP) is 2.92. The Morgan fingerprint density at radius 2 is 1.95 bits per heavy atom. The number of halogens is 2. The van der Waals surface area contributed by atoms with Crippen molar-refractivity contribution in [1.29, 1.82) is 0 Å². The first kappa shape index (κ1) is 17.1. The Hall–Kier alpha value is -0.980. The molecule has 20 heavy (non-hydrogen) atoms. The van der Waals surface area contributed by atoms with Gasteiger partial charge in [-0.15, -0.1) is 11.6 Å². The highest BCUT2D eigenvalue weighted by atomic mass is 35.5. The van der Waals surface area contributed by atoms with Crippen LogP contribution in [0.2, 0.25) is 5.02 Å². The monoisotopic (exact) mass is 338 g/mol. The number of alkyl halides is 1. The Morgan fingerprint density at radius 3 is 2.40 bits per heavy atom. The minimum Gasteiger partial charge on any atom is -0.326 e. The topological polar surface area (TPSA) is 75.3 Å². The maximum absolute atomic E-state index is 11.9. The predicted molar refractivity (Wildman–Crippen MR) is 83.0 cm³/mol. The van der Waals surface area contributed by atoms with Crippen LogP contribution in [-0.4, -0.2) is 26.5 Å². The second-order valence-electron chi connectivity index (χ2n) is 5.04. The summed E-state index contributed by atoms with van der Waals surface area (Å²) in [5, 5.41) is 2.87. The Morgan fingerprint density at radius 1 is 1.35 bits per heavy atom. The summed E-state index contributed by atoms with van der Waals surface area (Å²) in [6.45, 7) is 3.44. The summed E-state index contributed by atoms with van der Waals surface area (Å²) in [6, 6.07) is 4.51. The number of hydrogen-bond donors (Lipinski definition) is 2. The number of rotatable bonds is 5. The second kappa shape index (κ2) is 6.20. The summed E-state index contributed by atoms with van der Waals surface area (Å²) < 4.78 is 24.5. The smallest absolute Gasteiger partial charge is 0.231 e. The first-order chi connectivity index (χ1) is 9.05. The molecule has 0 fully saturated rings. The van der Waals surface area contributed by atoms with Gasteiger partial charge in [-0.2, -0.15) is 0 Å². The van der Waals surface area contributed by atoms with Gasteiger partial charge >= 0.3 is 0 Å². The fourth-order valence-corrected chi connectivity index (χ4v) is 2.22. The van der Waals surface area contributed by atoms with E-state index in [2.05, 4.69) is 10.0 Å². The number of hydrogen-bond acceptors (Lipinski definition) is 3. The van der Waals surface area contributed by atoms with Gasteiger partial charge in [0.05, 0.1) is 22.4 Å². The van der Waals surface area contributed by atoms with Crippen LogP contribution in [0.5, 0.6) is 0 Å². The molecule has 8 heteroatoms. The zero-order valence-electron chi connectivity index (χ0n) is 11.3. The molecule has 0 unspecified atom stereocenters. The van der Waals surface area contributed by atoms with Crippen LogP contribution in [0.15, 0.2) is 18.2 Å². The van der Waals surface area contributed by atoms with E-state index in [1.807, 2.05) is 0 Å². The maximum Gasteiger partial charge on any atom is 0.231 e. The number of amides is 1. The molecular formula is C12H16Cl2N2O3S. The lowest BCUT2D eigenvalue weighted by Gasteiger charge is -2.20. The van der Waals surface area contributed by atoms with Gasteiger partial charge < -0.3 is 5.32 Å². The zero-order chi connectivity index (χ0) is 15.6. The van der Waals surface area contributed by atoms with Gasteiger partial charge in [0.15, 0.2) is 0 Å². The van der Waals surface area contributed by atoms with E-state index in [0.717, 1.165) is 6.26 Å². The minimum atomic E-state index is -3.40. The van der Waals surface area contributed by atoms with Crippen molar-refractivity contribution in [2.75, 3.05) is 22.2 Å². The van der Waals surface area contributed by atoms with E-state index >= 15 is 0 Å². The highest BCUT2D eigenvalue weighted by molar-refractivity contribution is 7.92. The summed E-state index contributed by atoms with van der Waals surface area (Å²) in [4.78, 5) is 11.9. The maximum atomic E-state index is 11.9. The first-order valence-corrected chi connectivity index (χ1v) is 8.50. The molecule has 1 amide bonds. The molecule has 5 nitrogen and oxygen atoms in total. The average Bonchev–Trinajstić information content (AvgIpc) is 2.31. The number of sulfonamides is 1. The lowest BCUT2D eigenvalue weighted by Crippen LogP contribution is -2.32. The third-order valence-corrected chi connectivity index (χ3v) is 4.04. The Labute approximate surface area is 128 Å². The summed E-state index contributed by atoms with van der Waals surface area (Å²) in [6.07, 6.45) is 1.03. The van der Waals surface area contributed by atoms with E-state index in [0.29, 0.717) is 5.69 Å². The lowest BCUT2D eigenvalue weighted by molar-refractivity contribution is -0.122. The van der Waals surface area contributed by atoms with Crippen molar-refractivity contribution in [2.24, 2.45) is 5.41 Å². The summed E-state index contributed by atoms with van der Waals surface area (Å²) in [5.74, 6) is -0.0623. The molecule has 1 aromatic rings. The van der Waals surface area contributed by atoms with Crippen molar-refractivity contribution >= 4 is 50.5 Å². The van der Waals surface area contributed by atoms with E-state index in [-0.39, 0.29) is 22.5 Å². The summed E-state index contributed by atoms with van der Waals surface area (Å²) >= 11 is 11.7. The Kier molecular flexibility index (Phi) is 5.29. The van der Waals surface area contributed by atoms with Gasteiger partial charge in [-0.3, -0.25) is 9.52 Å². The average molecular weight is 339 g/mol. The first-order valence-electron chi connectivity index (χ1n) is 5.70. The molecular weight excluding hydrogens is 323 g/mol. The van der Waals surface area contributed by atoms with Crippen molar-refractivity contribution in [3.8, 4) is 0 Å². The molecule has 1 rings (SSSR count). The number of nitrogens with one attached hydrogen (secondary N) is 2. The Balaban J connectivity index is 2.91. The number of benzene rings is 1. The summed E-state index contributed by atoms with van der Waals surface area (Å²) in [7, 11) is -3.40. The van der Waals surface area contributed by atoms with Crippen molar-refractivity contribution < 1.29 is 13.2 Å². The molecule has 0 saturated heterocycles. The second-order valence-corrected chi connectivity index (χ2v) is 7.46. The minimum absolute atomic E-state index is 0.181. The zero-order valence-corrected chi connectivity index (χ0v) is 13.7. The van der Waals surface area contributed by atoms with Crippen LogP contribution in [0.25, 0.3) is 0 Å². The van der Waals surface area contributed by atoms with Gasteiger partial charge in [-0.1, -0.05) is 11.6 Å². The van der Waals surface area contributed by atoms with Crippen LogP contribution in [0.3, 0.4) is 0 Å². The standard InChI is InChI=1S/C12H16Cl2N2O3S/c1-12(2,7-13)11(17)15-8-4-5-10(9(14)6-8)16-20(3,18)19/h4-6,16H,7H2,1-3H3,(H,15,17). The number of carbonyl (C=O) groups is 1. The van der Waals surface area contributed by atoms with Crippen molar-refractivity contribution in [3.05, 3.63) is 23.2 Å². The largest absolute Gasteiger partial charge is 0.326 e. The normalized spacial score (nSPS) is 12.1. The van der Waals surface area contributed by atoms with Crippen molar-refractivity contribution in [2.45, 2.75) is 13.8 Å². The van der Waals surface area contributed by atoms with Crippen LogP contribution in [-0.2, 0) is 14.8 Å². The van der Waals surface area contributed by atoms with Crippen LogP contribution >= 0.6 is 23.2 Å². The van der Waals surface area contributed by atoms with E-state index in [1.54, 1.807) is 19.9 Å². The fraction of sp³-hybridized carbons (Fsp3) is 0.417. The molecule has 0 atom stereocenters. The molecule has 0 aliphatic heterocycles. The fourth-order valence-electron chi connectivity index (χ4n) is 1.24. The van der Waals surface area contributed by atoms with Gasteiger partial charge in [0.1, 0.15) is 0 Å². The molecule has 0 radical (unpaired) electrons. The molecule has 0 bridgehead atoms. The molecule has 0 aliphatic carbocycles. The van der Waals surface area contributed by atoms with Crippen LogP contribution in [0, 0.1) is 5.41 Å². The third kappa shape index (κ3) is 4.85. The molecule has 2 N–H and O–H groups in total. The van der Waals surface area contributed by atoms with E-state index in [4.69, 9.17) is 23.2 Å². The Bertz CT molecular complexity index is 615. The van der Waals surface area contributed by atoms with E-state index in [9.17, 15) is 13.2 Å². The lowest BCUT2D eigenvalue weighted by atomic mass is 9.95. The van der Waals surface area contributed by atoms with E-state index < -0.39 is 15.4 Å². The molecule has 0 saturated carbocycles. The summed E-state index contributed by atoms with van der Waals surface area (Å²) in [5.41, 5.74) is 0.0126. The van der Waals surface area contributed by atoms with Crippen molar-refractivity contribution in [3.63, 3.8) is 0 Å². The van der Waals surface area contributed by atoms with Gasteiger partial charge in [-0.05, 0) is 32.0 Å². The van der Waals surface area contributed by atoms with Crippen LogP contribution in [0.1, 0.15) is 13.8 Å². The molecule has 112 valence electrons. The molecule has 0 aliphatic rings. The van der Waals surface area contributed by atoms with Crippen LogP contribution < -0.4 is 10.0 Å². The van der Waals surface area contributed by atoms with Gasteiger partial charge in [-0.25, -0.2) is 8.42 Å². The van der Waals surface area contributed by atoms with Gasteiger partial charge in [0.2, 0.25) is 15.9 Å². The van der Waals surface area contributed by atoms with Crippen molar-refractivity contribution in [1.82, 2.24) is 0 Å². The number of anilines is 2. The number of carbonyl (C=O) groups excluding carboxylic acids is 1. The SMILES string of the molecule is CC(C)(CCl)C(=O)Nc1ccc(NS(C)(=O)=O)c(Cl)c1.